The molecule has 2 aliphatic rings. The number of carbonyl (C=O) groups excluding carboxylic acids is 1. The third-order valence-electron chi connectivity index (χ3n) is 6.75. The zero-order valence-corrected chi connectivity index (χ0v) is 20.7. The first-order valence-electron chi connectivity index (χ1n) is 10.9. The number of nitrogens with one attached hydrogen (secondary N) is 1. The molecule has 3 unspecified atom stereocenters. The fourth-order valence-corrected chi connectivity index (χ4v) is 5.24. The maximum absolute atomic E-state index is 13.0. The molecule has 1 N–H and O–H groups in total. The van der Waals surface area contributed by atoms with Gasteiger partial charge in [-0.05, 0) is 68.0 Å². The number of methoxy groups -OCH3 is 3. The Kier molecular flexibility index (Phi) is 6.59. The molecule has 1 aliphatic carbocycles. The van der Waals surface area contributed by atoms with Crippen molar-refractivity contribution in [2.45, 2.75) is 42.8 Å². The van der Waals surface area contributed by atoms with Gasteiger partial charge in [0.2, 0.25) is 11.7 Å². The highest BCUT2D eigenvalue weighted by atomic mass is 32.2. The number of nitrogens with zero attached hydrogens (tertiary/aromatic N) is 1. The van der Waals surface area contributed by atoms with Crippen LogP contribution in [0.25, 0.3) is 11.1 Å². The summed E-state index contributed by atoms with van der Waals surface area (Å²) in [5, 5.41) is 3.22. The fourth-order valence-electron chi connectivity index (χ4n) is 4.77. The smallest absolute Gasteiger partial charge is 0.239 e. The van der Waals surface area contributed by atoms with Gasteiger partial charge >= 0.3 is 0 Å². The summed E-state index contributed by atoms with van der Waals surface area (Å²) < 4.78 is 17.0. The predicted molar refractivity (Wildman–Crippen MR) is 130 cm³/mol. The highest BCUT2D eigenvalue weighted by molar-refractivity contribution is 7.98. The molecule has 4 rings (SSSR count). The monoisotopic (exact) mass is 470 g/mol. The number of carbonyl (C=O) groups is 1. The molecule has 0 aromatic heterocycles. The number of likely N-dealkylation sites (N-methyl/N-ethyl adjacent to an activating group) is 1. The van der Waals surface area contributed by atoms with Gasteiger partial charge in [-0.1, -0.05) is 6.07 Å². The molecule has 1 fully saturated rings. The Labute approximate surface area is 198 Å². The van der Waals surface area contributed by atoms with Gasteiger partial charge in [0.1, 0.15) is 6.04 Å². The molecule has 0 bridgehead atoms. The summed E-state index contributed by atoms with van der Waals surface area (Å²) in [7, 11) is 6.71. The van der Waals surface area contributed by atoms with Crippen LogP contribution in [-0.2, 0) is 11.2 Å². The van der Waals surface area contributed by atoms with E-state index >= 15 is 0 Å². The van der Waals surface area contributed by atoms with Gasteiger partial charge in [0.25, 0.3) is 0 Å². The number of benzene rings is 1. The zero-order chi connectivity index (χ0) is 23.9. The molecule has 33 heavy (non-hydrogen) atoms. The van der Waals surface area contributed by atoms with Gasteiger partial charge < -0.3 is 19.5 Å². The number of thioether (sulfide) groups is 1. The van der Waals surface area contributed by atoms with E-state index in [1.54, 1.807) is 27.4 Å². The number of hydrogen-bond donors (Lipinski definition) is 1. The van der Waals surface area contributed by atoms with Crippen LogP contribution in [0.15, 0.2) is 34.0 Å². The Morgan fingerprint density at radius 2 is 1.82 bits per heavy atom. The molecular formula is C25H30N2O5S. The third-order valence-corrected chi connectivity index (χ3v) is 7.53. The quantitative estimate of drug-likeness (QED) is 0.513. The topological polar surface area (TPSA) is 76.9 Å². The van der Waals surface area contributed by atoms with Crippen molar-refractivity contribution in [3.63, 3.8) is 0 Å². The zero-order valence-electron chi connectivity index (χ0n) is 19.9. The molecule has 1 heterocycles. The molecule has 0 saturated carbocycles. The normalized spacial score (nSPS) is 23.0. The number of amides is 1. The minimum atomic E-state index is -0.308. The van der Waals surface area contributed by atoms with Crippen LogP contribution in [0.4, 0.5) is 0 Å². The maximum atomic E-state index is 13.0. The van der Waals surface area contributed by atoms with Crippen LogP contribution in [0.1, 0.15) is 30.5 Å². The second-order valence-corrected chi connectivity index (χ2v) is 9.26. The maximum Gasteiger partial charge on any atom is 0.239 e. The molecule has 0 radical (unpaired) electrons. The lowest BCUT2D eigenvalue weighted by atomic mass is 9.95. The van der Waals surface area contributed by atoms with Crippen molar-refractivity contribution >= 4 is 17.7 Å². The molecule has 8 heteroatoms. The highest BCUT2D eigenvalue weighted by Crippen LogP contribution is 2.50. The first-order valence-corrected chi connectivity index (χ1v) is 12.1. The van der Waals surface area contributed by atoms with E-state index in [1.807, 2.05) is 43.3 Å². The van der Waals surface area contributed by atoms with Crippen molar-refractivity contribution in [1.29, 1.82) is 0 Å². The van der Waals surface area contributed by atoms with Crippen molar-refractivity contribution in [3.05, 3.63) is 45.6 Å². The minimum Gasteiger partial charge on any atom is -0.493 e. The molecule has 1 amide bonds. The van der Waals surface area contributed by atoms with Crippen molar-refractivity contribution in [2.75, 3.05) is 34.6 Å². The SMILES string of the molecule is COc1cc2c(c(OC)c1OC)-c1ccc(SC)c(=O)cc1[C@@H](NC(=O)C1C(C)N1C)CC2. The Bertz CT molecular complexity index is 1140. The van der Waals surface area contributed by atoms with Crippen LogP contribution in [0.3, 0.4) is 0 Å². The van der Waals surface area contributed by atoms with Crippen LogP contribution in [0.5, 0.6) is 17.2 Å². The van der Waals surface area contributed by atoms with Crippen molar-refractivity contribution in [1.82, 2.24) is 10.2 Å². The molecule has 1 saturated heterocycles. The van der Waals surface area contributed by atoms with Gasteiger partial charge in [0.15, 0.2) is 16.9 Å². The fraction of sp³-hybridized carbons (Fsp3) is 0.440. The summed E-state index contributed by atoms with van der Waals surface area (Å²) >= 11 is 1.41. The van der Waals surface area contributed by atoms with E-state index in [4.69, 9.17) is 14.2 Å². The Morgan fingerprint density at radius 3 is 2.39 bits per heavy atom. The summed E-state index contributed by atoms with van der Waals surface area (Å²) in [6, 6.07) is 7.18. The van der Waals surface area contributed by atoms with Gasteiger partial charge in [0, 0.05) is 11.6 Å². The van der Waals surface area contributed by atoms with E-state index in [0.29, 0.717) is 35.0 Å². The average molecular weight is 471 g/mol. The van der Waals surface area contributed by atoms with Gasteiger partial charge in [-0.3, -0.25) is 14.5 Å². The van der Waals surface area contributed by atoms with E-state index < -0.39 is 0 Å². The first kappa shape index (κ1) is 23.4. The summed E-state index contributed by atoms with van der Waals surface area (Å²) in [5.74, 6) is 1.62. The van der Waals surface area contributed by atoms with Gasteiger partial charge in [-0.2, -0.15) is 0 Å². The van der Waals surface area contributed by atoms with E-state index in [0.717, 1.165) is 22.3 Å². The van der Waals surface area contributed by atoms with Crippen LogP contribution < -0.4 is 25.0 Å². The second kappa shape index (κ2) is 9.27. The first-order chi connectivity index (χ1) is 15.9. The number of aryl methyl sites for hydroxylation is 1. The summed E-state index contributed by atoms with van der Waals surface area (Å²) in [5.41, 5.74) is 3.45. The lowest BCUT2D eigenvalue weighted by molar-refractivity contribution is -0.122. The Hall–Kier alpha value is -2.71. The van der Waals surface area contributed by atoms with Crippen molar-refractivity contribution in [2.24, 2.45) is 0 Å². The van der Waals surface area contributed by atoms with Crippen molar-refractivity contribution in [3.8, 4) is 28.4 Å². The third kappa shape index (κ3) is 4.06. The summed E-state index contributed by atoms with van der Waals surface area (Å²) in [6.07, 6.45) is 3.20. The second-order valence-electron chi connectivity index (χ2n) is 8.41. The Morgan fingerprint density at radius 1 is 1.12 bits per heavy atom. The largest absolute Gasteiger partial charge is 0.493 e. The Balaban J connectivity index is 1.93. The minimum absolute atomic E-state index is 0.0157. The standard InChI is InChI=1S/C25H30N2O5S/c1-13-22(27(13)2)25(29)26-17-9-7-14-11-19(30-3)23(31-4)24(32-5)21(14)15-8-10-20(33-6)18(28)12-16(15)17/h8,10-13,17,22H,7,9H2,1-6H3,(H,26,29)/t13?,17-,22?,27?/m0/s1. The van der Waals surface area contributed by atoms with Crippen LogP contribution in [0, 0.1) is 0 Å². The molecule has 176 valence electrons. The number of rotatable bonds is 6. The summed E-state index contributed by atoms with van der Waals surface area (Å²) in [6.45, 7) is 2.03. The van der Waals surface area contributed by atoms with Gasteiger partial charge in [0.05, 0.1) is 32.3 Å². The lowest BCUT2D eigenvalue weighted by Crippen LogP contribution is -2.34. The number of fused-ring (bicyclic) bond motifs is 3. The molecule has 1 aliphatic heterocycles. The predicted octanol–water partition coefficient (Wildman–Crippen LogP) is 3.27. The molecular weight excluding hydrogens is 440 g/mol. The van der Waals surface area contributed by atoms with Crippen LogP contribution in [-0.4, -0.2) is 57.5 Å². The average Bonchev–Trinajstić information content (AvgIpc) is 3.48. The molecule has 2 aromatic carbocycles. The van der Waals surface area contributed by atoms with E-state index in [9.17, 15) is 9.59 Å². The van der Waals surface area contributed by atoms with Crippen LogP contribution >= 0.6 is 11.8 Å². The summed E-state index contributed by atoms with van der Waals surface area (Å²) in [4.78, 5) is 28.7. The van der Waals surface area contributed by atoms with E-state index in [1.165, 1.54) is 11.8 Å². The van der Waals surface area contributed by atoms with Gasteiger partial charge in [-0.25, -0.2) is 0 Å². The number of hydrogen-bond acceptors (Lipinski definition) is 7. The number of ether oxygens (including phenoxy) is 3. The molecule has 4 atom stereocenters. The molecule has 7 nitrogen and oxygen atoms in total. The lowest BCUT2D eigenvalue weighted by Gasteiger charge is -2.20. The molecule has 0 spiro atoms. The van der Waals surface area contributed by atoms with Gasteiger partial charge in [-0.15, -0.1) is 11.8 Å². The highest BCUT2D eigenvalue weighted by Gasteiger charge is 2.46. The van der Waals surface area contributed by atoms with Crippen molar-refractivity contribution < 1.29 is 19.0 Å². The van der Waals surface area contributed by atoms with Crippen LogP contribution in [0.2, 0.25) is 0 Å². The van der Waals surface area contributed by atoms with E-state index in [2.05, 4.69) is 5.32 Å². The van der Waals surface area contributed by atoms with E-state index in [-0.39, 0.29) is 29.5 Å². The molecule has 2 aromatic rings.